The van der Waals surface area contributed by atoms with Gasteiger partial charge in [-0.15, -0.1) is 0 Å². The van der Waals surface area contributed by atoms with Crippen LogP contribution < -0.4 is 10.6 Å². The van der Waals surface area contributed by atoms with Gasteiger partial charge in [-0.3, -0.25) is 10.1 Å². The van der Waals surface area contributed by atoms with Gasteiger partial charge in [-0.05, 0) is 78.4 Å². The highest BCUT2D eigenvalue weighted by Gasteiger charge is 2.14. The molecule has 0 saturated heterocycles. The molecule has 5 aromatic rings. The topological polar surface area (TPSA) is 93.2 Å². The lowest BCUT2D eigenvalue weighted by molar-refractivity contribution is 0.0950. The molecule has 0 radical (unpaired) electrons. The van der Waals surface area contributed by atoms with Gasteiger partial charge in [-0.1, -0.05) is 23.7 Å². The fourth-order valence-electron chi connectivity index (χ4n) is 3.28. The van der Waals surface area contributed by atoms with Crippen LogP contribution in [0.15, 0.2) is 87.8 Å². The zero-order valence-corrected chi connectivity index (χ0v) is 19.2. The van der Waals surface area contributed by atoms with Gasteiger partial charge in [-0.25, -0.2) is 4.98 Å². The fourth-order valence-corrected chi connectivity index (χ4v) is 3.57. The Labute approximate surface area is 204 Å². The zero-order valence-electron chi connectivity index (χ0n) is 17.6. The van der Waals surface area contributed by atoms with Gasteiger partial charge in [0, 0.05) is 28.9 Å². The number of oxazole rings is 1. The Hall–Kier alpha value is -4.01. The summed E-state index contributed by atoms with van der Waals surface area (Å²) < 4.78 is 11.4. The van der Waals surface area contributed by atoms with E-state index in [0.29, 0.717) is 34.4 Å². The number of aromatic nitrogens is 2. The second-order valence-corrected chi connectivity index (χ2v) is 8.19. The van der Waals surface area contributed by atoms with Crippen LogP contribution in [0, 0.1) is 0 Å². The molecule has 3 aromatic heterocycles. The highest BCUT2D eigenvalue weighted by Crippen LogP contribution is 2.24. The van der Waals surface area contributed by atoms with Crippen molar-refractivity contribution >= 4 is 46.1 Å². The minimum Gasteiger partial charge on any atom is -0.451 e. The third kappa shape index (κ3) is 4.83. The number of benzene rings is 2. The van der Waals surface area contributed by atoms with E-state index in [1.54, 1.807) is 36.5 Å². The summed E-state index contributed by atoms with van der Waals surface area (Å²) in [6, 6.07) is 21.8. The van der Waals surface area contributed by atoms with Gasteiger partial charge < -0.3 is 14.2 Å². The molecule has 0 aliphatic rings. The van der Waals surface area contributed by atoms with Crippen LogP contribution in [0.5, 0.6) is 0 Å². The summed E-state index contributed by atoms with van der Waals surface area (Å²) in [5.41, 5.74) is 3.84. The van der Waals surface area contributed by atoms with Crippen molar-refractivity contribution in [1.29, 1.82) is 0 Å². The van der Waals surface area contributed by atoms with E-state index in [4.69, 9.17) is 32.7 Å². The SMILES string of the molecule is O=C(NC(=S)NCc1ccc(-c2nc3ncccc3o2)cc1)c1ccc(-c2ccc(Cl)cc2)o1. The maximum Gasteiger partial charge on any atom is 0.293 e. The Morgan fingerprint density at radius 1 is 0.941 bits per heavy atom. The van der Waals surface area contributed by atoms with E-state index < -0.39 is 5.91 Å². The Bertz CT molecular complexity index is 1440. The molecule has 0 bridgehead atoms. The van der Waals surface area contributed by atoms with Crippen LogP contribution >= 0.6 is 23.8 Å². The summed E-state index contributed by atoms with van der Waals surface area (Å²) in [6.45, 7) is 0.433. The molecule has 5 rings (SSSR count). The van der Waals surface area contributed by atoms with E-state index in [-0.39, 0.29) is 10.9 Å². The Balaban J connectivity index is 1.16. The quantitative estimate of drug-likeness (QED) is 0.311. The number of halogens is 1. The van der Waals surface area contributed by atoms with Gasteiger partial charge in [0.2, 0.25) is 5.89 Å². The molecule has 3 heterocycles. The van der Waals surface area contributed by atoms with E-state index in [1.165, 1.54) is 0 Å². The van der Waals surface area contributed by atoms with Gasteiger partial charge in [0.05, 0.1) is 0 Å². The third-order valence-electron chi connectivity index (χ3n) is 5.00. The molecular formula is C25H17ClN4O3S. The van der Waals surface area contributed by atoms with E-state index >= 15 is 0 Å². The number of rotatable bonds is 5. The van der Waals surface area contributed by atoms with Crippen LogP contribution in [0.25, 0.3) is 34.0 Å². The second-order valence-electron chi connectivity index (χ2n) is 7.35. The molecule has 7 nitrogen and oxygen atoms in total. The average molecular weight is 489 g/mol. The molecule has 34 heavy (non-hydrogen) atoms. The molecule has 0 saturated carbocycles. The number of hydrogen-bond acceptors (Lipinski definition) is 6. The molecule has 0 atom stereocenters. The molecule has 0 spiro atoms. The molecule has 0 fully saturated rings. The lowest BCUT2D eigenvalue weighted by atomic mass is 10.1. The lowest BCUT2D eigenvalue weighted by Gasteiger charge is -2.09. The van der Waals surface area contributed by atoms with Crippen molar-refractivity contribution in [2.45, 2.75) is 6.54 Å². The Morgan fingerprint density at radius 3 is 2.47 bits per heavy atom. The average Bonchev–Trinajstić information content (AvgIpc) is 3.51. The predicted octanol–water partition coefficient (Wildman–Crippen LogP) is 5.61. The van der Waals surface area contributed by atoms with Gasteiger partial charge in [0.15, 0.2) is 22.1 Å². The monoisotopic (exact) mass is 488 g/mol. The van der Waals surface area contributed by atoms with Crippen LogP contribution in [-0.4, -0.2) is 21.0 Å². The van der Waals surface area contributed by atoms with E-state index in [2.05, 4.69) is 20.6 Å². The highest BCUT2D eigenvalue weighted by molar-refractivity contribution is 7.80. The van der Waals surface area contributed by atoms with E-state index in [1.807, 2.05) is 42.5 Å². The summed E-state index contributed by atoms with van der Waals surface area (Å²) in [7, 11) is 0. The fraction of sp³-hybridized carbons (Fsp3) is 0.0400. The number of nitrogens with zero attached hydrogens (tertiary/aromatic N) is 2. The minimum absolute atomic E-state index is 0.159. The number of furan rings is 1. The highest BCUT2D eigenvalue weighted by atomic mass is 35.5. The summed E-state index contributed by atoms with van der Waals surface area (Å²) in [5.74, 6) is 0.798. The molecule has 2 N–H and O–H groups in total. The van der Waals surface area contributed by atoms with Crippen molar-refractivity contribution in [1.82, 2.24) is 20.6 Å². The van der Waals surface area contributed by atoms with Crippen LogP contribution in [0.1, 0.15) is 16.1 Å². The standard InChI is InChI=1S/C25H17ClN4O3S/c26-18-9-7-16(8-10-18)19-11-12-21(32-19)23(31)30-25(34)28-14-15-3-5-17(6-4-15)24-29-22-20(33-24)2-1-13-27-22/h1-13H,14H2,(H2,28,30,31,34). The van der Waals surface area contributed by atoms with Crippen molar-refractivity contribution in [2.75, 3.05) is 0 Å². The van der Waals surface area contributed by atoms with Gasteiger partial charge in [-0.2, -0.15) is 4.98 Å². The number of fused-ring (bicyclic) bond motifs is 1. The van der Waals surface area contributed by atoms with Gasteiger partial charge >= 0.3 is 0 Å². The molecule has 1 amide bonds. The Kier molecular flexibility index (Phi) is 6.07. The zero-order chi connectivity index (χ0) is 23.5. The summed E-state index contributed by atoms with van der Waals surface area (Å²) in [4.78, 5) is 21.0. The van der Waals surface area contributed by atoms with Gasteiger partial charge in [0.1, 0.15) is 5.76 Å². The molecule has 0 unspecified atom stereocenters. The first-order valence-corrected chi connectivity index (χ1v) is 11.1. The molecule has 0 aliphatic carbocycles. The number of carbonyl (C=O) groups excluding carboxylic acids is 1. The lowest BCUT2D eigenvalue weighted by Crippen LogP contribution is -2.38. The number of pyridine rings is 1. The summed E-state index contributed by atoms with van der Waals surface area (Å²) in [5, 5.41) is 6.47. The molecule has 9 heteroatoms. The molecule has 2 aromatic carbocycles. The molecular weight excluding hydrogens is 472 g/mol. The smallest absolute Gasteiger partial charge is 0.293 e. The van der Waals surface area contributed by atoms with E-state index in [0.717, 1.165) is 16.7 Å². The van der Waals surface area contributed by atoms with Crippen molar-refractivity contribution < 1.29 is 13.6 Å². The largest absolute Gasteiger partial charge is 0.451 e. The number of carbonyl (C=O) groups is 1. The molecule has 0 aliphatic heterocycles. The third-order valence-corrected chi connectivity index (χ3v) is 5.50. The normalized spacial score (nSPS) is 10.9. The van der Waals surface area contributed by atoms with Gasteiger partial charge in [0.25, 0.3) is 5.91 Å². The first kappa shape index (κ1) is 21.8. The number of thiocarbonyl (C=S) groups is 1. The van der Waals surface area contributed by atoms with Crippen molar-refractivity contribution in [3.8, 4) is 22.8 Å². The van der Waals surface area contributed by atoms with Crippen LogP contribution in [-0.2, 0) is 6.54 Å². The van der Waals surface area contributed by atoms with Crippen LogP contribution in [0.2, 0.25) is 5.02 Å². The predicted molar refractivity (Wildman–Crippen MR) is 133 cm³/mol. The maximum atomic E-state index is 12.5. The number of hydrogen-bond donors (Lipinski definition) is 2. The first-order chi connectivity index (χ1) is 16.5. The van der Waals surface area contributed by atoms with Crippen molar-refractivity contribution in [2.24, 2.45) is 0 Å². The number of amides is 1. The van der Waals surface area contributed by atoms with E-state index in [9.17, 15) is 4.79 Å². The molecule has 168 valence electrons. The maximum absolute atomic E-state index is 12.5. The summed E-state index contributed by atoms with van der Waals surface area (Å²) in [6.07, 6.45) is 1.68. The minimum atomic E-state index is -0.433. The second kappa shape index (κ2) is 9.46. The Morgan fingerprint density at radius 2 is 1.71 bits per heavy atom. The van der Waals surface area contributed by atoms with Crippen LogP contribution in [0.4, 0.5) is 0 Å². The first-order valence-electron chi connectivity index (χ1n) is 10.3. The van der Waals surface area contributed by atoms with Crippen molar-refractivity contribution in [3.63, 3.8) is 0 Å². The van der Waals surface area contributed by atoms with Crippen molar-refractivity contribution in [3.05, 3.63) is 95.3 Å². The van der Waals surface area contributed by atoms with Crippen LogP contribution in [0.3, 0.4) is 0 Å². The number of nitrogens with one attached hydrogen (secondary N) is 2. The summed E-state index contributed by atoms with van der Waals surface area (Å²) >= 11 is 11.2.